The van der Waals surface area contributed by atoms with Crippen molar-refractivity contribution in [3.63, 3.8) is 0 Å². The first-order valence-corrected chi connectivity index (χ1v) is 7.51. The van der Waals surface area contributed by atoms with Gasteiger partial charge in [-0.15, -0.1) is 0 Å². The van der Waals surface area contributed by atoms with E-state index in [0.29, 0.717) is 17.1 Å². The molecule has 112 valence electrons. The molecule has 0 saturated heterocycles. The fraction of sp³-hybridized carbons (Fsp3) is 0.125. The van der Waals surface area contributed by atoms with Crippen molar-refractivity contribution in [3.05, 3.63) is 57.6 Å². The number of aromatic nitrogens is 1. The van der Waals surface area contributed by atoms with Crippen molar-refractivity contribution >= 4 is 39.0 Å². The van der Waals surface area contributed by atoms with Gasteiger partial charge in [-0.25, -0.2) is 5.43 Å². The number of amides is 1. The number of carbonyl (C=O) groups excluding carboxylic acids is 1. The van der Waals surface area contributed by atoms with Crippen molar-refractivity contribution in [1.82, 2.24) is 10.4 Å². The van der Waals surface area contributed by atoms with Crippen molar-refractivity contribution in [2.24, 2.45) is 5.10 Å². The molecule has 3 aromatic rings. The van der Waals surface area contributed by atoms with Crippen molar-refractivity contribution in [1.29, 1.82) is 0 Å². The van der Waals surface area contributed by atoms with Crippen molar-refractivity contribution < 1.29 is 9.21 Å². The number of hydrogen-bond donors (Lipinski definition) is 2. The van der Waals surface area contributed by atoms with E-state index in [1.54, 1.807) is 26.1 Å². The summed E-state index contributed by atoms with van der Waals surface area (Å²) in [5.74, 6) is 1.00. The minimum Gasteiger partial charge on any atom is -0.466 e. The van der Waals surface area contributed by atoms with Gasteiger partial charge in [0.15, 0.2) is 0 Å². The minimum absolute atomic E-state index is 0.286. The monoisotopic (exact) mass is 359 g/mol. The minimum atomic E-state index is -0.286. The third kappa shape index (κ3) is 2.82. The Morgan fingerprint density at radius 3 is 2.91 bits per heavy atom. The fourth-order valence-corrected chi connectivity index (χ4v) is 2.66. The Balaban J connectivity index is 1.77. The number of furan rings is 1. The highest BCUT2D eigenvalue weighted by molar-refractivity contribution is 9.10. The van der Waals surface area contributed by atoms with Crippen LogP contribution in [0.1, 0.15) is 27.4 Å². The highest BCUT2D eigenvalue weighted by atomic mass is 79.9. The zero-order chi connectivity index (χ0) is 15.7. The average Bonchev–Trinajstić information content (AvgIpc) is 3.02. The average molecular weight is 360 g/mol. The molecule has 0 bridgehead atoms. The number of rotatable bonds is 3. The van der Waals surface area contributed by atoms with E-state index < -0.39 is 0 Å². The fourth-order valence-electron chi connectivity index (χ4n) is 2.30. The molecule has 0 radical (unpaired) electrons. The standard InChI is InChI=1S/C16H14BrN3O2/c1-9-5-13(10(2)22-9)16(21)20-19-8-11-7-18-15-4-3-12(17)6-14(11)15/h3-8,18H,1-2H3,(H,20,21)/b19-8+. The quantitative estimate of drug-likeness (QED) is 0.549. The molecular weight excluding hydrogens is 346 g/mol. The molecule has 3 rings (SSSR count). The van der Waals surface area contributed by atoms with Crippen molar-refractivity contribution in [3.8, 4) is 0 Å². The maximum absolute atomic E-state index is 12.0. The second-order valence-electron chi connectivity index (χ2n) is 4.96. The molecule has 0 fully saturated rings. The molecule has 1 aromatic carbocycles. The SMILES string of the molecule is Cc1cc(C(=O)N/N=C/c2c[nH]c3ccc(Br)cc23)c(C)o1. The van der Waals surface area contributed by atoms with E-state index in [2.05, 4.69) is 31.4 Å². The van der Waals surface area contributed by atoms with Gasteiger partial charge >= 0.3 is 0 Å². The van der Waals surface area contributed by atoms with Crippen LogP contribution in [0.15, 0.2) is 44.5 Å². The first kappa shape index (κ1) is 14.6. The van der Waals surface area contributed by atoms with Crippen LogP contribution < -0.4 is 5.43 Å². The third-order valence-electron chi connectivity index (χ3n) is 3.33. The topological polar surface area (TPSA) is 70.4 Å². The third-order valence-corrected chi connectivity index (χ3v) is 3.82. The summed E-state index contributed by atoms with van der Waals surface area (Å²) in [4.78, 5) is 15.2. The van der Waals surface area contributed by atoms with Gasteiger partial charge in [0, 0.05) is 27.1 Å². The summed E-state index contributed by atoms with van der Waals surface area (Å²) < 4.78 is 6.32. The van der Waals surface area contributed by atoms with Crippen LogP contribution in [0.5, 0.6) is 0 Å². The molecule has 2 heterocycles. The van der Waals surface area contributed by atoms with Gasteiger partial charge in [0.1, 0.15) is 11.5 Å². The van der Waals surface area contributed by atoms with Gasteiger partial charge < -0.3 is 9.40 Å². The first-order valence-electron chi connectivity index (χ1n) is 6.71. The molecular formula is C16H14BrN3O2. The molecule has 2 N–H and O–H groups in total. The van der Waals surface area contributed by atoms with Crippen LogP contribution in [0, 0.1) is 13.8 Å². The molecule has 22 heavy (non-hydrogen) atoms. The molecule has 1 amide bonds. The summed E-state index contributed by atoms with van der Waals surface area (Å²) in [6.45, 7) is 3.56. The van der Waals surface area contributed by atoms with Gasteiger partial charge in [-0.3, -0.25) is 4.79 Å². The predicted octanol–water partition coefficient (Wildman–Crippen LogP) is 3.90. The smallest absolute Gasteiger partial charge is 0.274 e. The van der Waals surface area contributed by atoms with Gasteiger partial charge in [0.05, 0.1) is 11.8 Å². The Bertz CT molecular complexity index is 877. The van der Waals surface area contributed by atoms with Crippen LogP contribution in [-0.2, 0) is 0 Å². The van der Waals surface area contributed by atoms with E-state index in [9.17, 15) is 4.79 Å². The zero-order valence-electron chi connectivity index (χ0n) is 12.1. The number of benzene rings is 1. The van der Waals surface area contributed by atoms with Gasteiger partial charge in [-0.05, 0) is 38.1 Å². The second-order valence-corrected chi connectivity index (χ2v) is 5.88. The van der Waals surface area contributed by atoms with E-state index in [0.717, 1.165) is 20.9 Å². The van der Waals surface area contributed by atoms with Crippen LogP contribution >= 0.6 is 15.9 Å². The summed E-state index contributed by atoms with van der Waals surface area (Å²) in [6, 6.07) is 7.64. The summed E-state index contributed by atoms with van der Waals surface area (Å²) in [7, 11) is 0. The first-order chi connectivity index (χ1) is 10.5. The highest BCUT2D eigenvalue weighted by Crippen LogP contribution is 2.21. The van der Waals surface area contributed by atoms with Gasteiger partial charge in [-0.2, -0.15) is 5.10 Å². The number of hydrazone groups is 1. The maximum atomic E-state index is 12.0. The Hall–Kier alpha value is -2.34. The molecule has 0 spiro atoms. The lowest BCUT2D eigenvalue weighted by Gasteiger charge is -1.97. The normalized spacial score (nSPS) is 11.4. The second kappa shape index (κ2) is 5.81. The molecule has 0 atom stereocenters. The Morgan fingerprint density at radius 2 is 2.18 bits per heavy atom. The summed E-state index contributed by atoms with van der Waals surface area (Å²) in [5.41, 5.74) is 4.92. The molecule has 0 aliphatic heterocycles. The van der Waals surface area contributed by atoms with Crippen LogP contribution in [-0.4, -0.2) is 17.1 Å². The van der Waals surface area contributed by atoms with E-state index in [-0.39, 0.29) is 5.91 Å². The lowest BCUT2D eigenvalue weighted by Crippen LogP contribution is -2.17. The van der Waals surface area contributed by atoms with Gasteiger partial charge in [0.2, 0.25) is 0 Å². The van der Waals surface area contributed by atoms with Crippen LogP contribution in [0.2, 0.25) is 0 Å². The number of aryl methyl sites for hydroxylation is 2. The number of halogens is 1. The lowest BCUT2D eigenvalue weighted by molar-refractivity contribution is 0.0953. The van der Waals surface area contributed by atoms with Crippen molar-refractivity contribution in [2.75, 3.05) is 0 Å². The Morgan fingerprint density at radius 1 is 1.36 bits per heavy atom. The summed E-state index contributed by atoms with van der Waals surface area (Å²) in [5, 5.41) is 5.05. The molecule has 2 aromatic heterocycles. The molecule has 0 unspecified atom stereocenters. The van der Waals surface area contributed by atoms with Crippen LogP contribution in [0.3, 0.4) is 0 Å². The molecule has 0 aliphatic rings. The number of carbonyl (C=O) groups is 1. The zero-order valence-corrected chi connectivity index (χ0v) is 13.7. The van der Waals surface area contributed by atoms with Crippen LogP contribution in [0.4, 0.5) is 0 Å². The van der Waals surface area contributed by atoms with Gasteiger partial charge in [-0.1, -0.05) is 15.9 Å². The largest absolute Gasteiger partial charge is 0.466 e. The number of nitrogens with zero attached hydrogens (tertiary/aromatic N) is 1. The maximum Gasteiger partial charge on any atom is 0.274 e. The molecule has 0 aliphatic carbocycles. The number of aromatic amines is 1. The van der Waals surface area contributed by atoms with Gasteiger partial charge in [0.25, 0.3) is 5.91 Å². The number of fused-ring (bicyclic) bond motifs is 1. The highest BCUT2D eigenvalue weighted by Gasteiger charge is 2.12. The Labute approximate surface area is 135 Å². The summed E-state index contributed by atoms with van der Waals surface area (Å²) in [6.07, 6.45) is 3.46. The van der Waals surface area contributed by atoms with Crippen LogP contribution in [0.25, 0.3) is 10.9 Å². The van der Waals surface area contributed by atoms with E-state index in [1.807, 2.05) is 24.4 Å². The van der Waals surface area contributed by atoms with E-state index in [4.69, 9.17) is 4.42 Å². The van der Waals surface area contributed by atoms with E-state index >= 15 is 0 Å². The lowest BCUT2D eigenvalue weighted by atomic mass is 10.2. The number of hydrogen-bond acceptors (Lipinski definition) is 3. The Kier molecular flexibility index (Phi) is 3.85. The van der Waals surface area contributed by atoms with E-state index in [1.165, 1.54) is 0 Å². The molecule has 5 nitrogen and oxygen atoms in total. The number of H-pyrrole nitrogens is 1. The van der Waals surface area contributed by atoms with Crippen molar-refractivity contribution in [2.45, 2.75) is 13.8 Å². The molecule has 0 saturated carbocycles. The number of nitrogens with one attached hydrogen (secondary N) is 2. The summed E-state index contributed by atoms with van der Waals surface area (Å²) >= 11 is 3.44. The predicted molar refractivity (Wildman–Crippen MR) is 89.2 cm³/mol. The molecule has 6 heteroatoms.